The van der Waals surface area contributed by atoms with Crippen molar-refractivity contribution in [2.45, 2.75) is 6.18 Å². The zero-order chi connectivity index (χ0) is 13.9. The first-order chi connectivity index (χ1) is 9.01. The number of fused-ring (bicyclic) bond motifs is 1. The minimum Gasteiger partial charge on any atom is -0.346 e. The summed E-state index contributed by atoms with van der Waals surface area (Å²) in [6.07, 6.45) is -2.77. The van der Waals surface area contributed by atoms with E-state index in [0.29, 0.717) is 11.2 Å². The van der Waals surface area contributed by atoms with Crippen LogP contribution in [0.5, 0.6) is 0 Å². The van der Waals surface area contributed by atoms with Crippen LogP contribution < -0.4 is 10.6 Å². The number of benzene rings is 1. The van der Waals surface area contributed by atoms with Gasteiger partial charge >= 0.3 is 6.18 Å². The molecule has 0 saturated heterocycles. The van der Waals surface area contributed by atoms with Gasteiger partial charge in [-0.2, -0.15) is 13.2 Å². The summed E-state index contributed by atoms with van der Waals surface area (Å²) in [5, 5.41) is 1.55. The molecule has 2 rings (SSSR count). The molecular weight excluding hydrogens is 255 g/mol. The minimum absolute atomic E-state index is 0.112. The van der Waals surface area contributed by atoms with Crippen molar-refractivity contribution < 1.29 is 13.2 Å². The average molecular weight is 269 g/mol. The third-order valence-corrected chi connectivity index (χ3v) is 2.72. The first kappa shape index (κ1) is 13.6. The molecule has 0 unspecified atom stereocenters. The Morgan fingerprint density at radius 1 is 1.16 bits per heavy atom. The molecular formula is C13H14F3N3. The van der Waals surface area contributed by atoms with Gasteiger partial charge in [0.25, 0.3) is 0 Å². The summed E-state index contributed by atoms with van der Waals surface area (Å²) in [6, 6.07) is 8.99. The largest absolute Gasteiger partial charge is 0.405 e. The number of alkyl halides is 3. The number of halogens is 3. The number of nitrogens with zero attached hydrogens (tertiary/aromatic N) is 2. The lowest BCUT2D eigenvalue weighted by molar-refractivity contribution is -0.119. The molecule has 6 heteroatoms. The van der Waals surface area contributed by atoms with E-state index < -0.39 is 12.7 Å². The zero-order valence-corrected chi connectivity index (χ0v) is 10.2. The standard InChI is InChI=1S/C13H14F3N3/c14-13(15,16)9-19(8-6-17)12-11-4-2-1-3-10(11)5-7-18-12/h1-5,7H,6,8-9,17H2. The second-order valence-corrected chi connectivity index (χ2v) is 4.18. The Morgan fingerprint density at radius 3 is 2.58 bits per heavy atom. The molecule has 0 aliphatic carbocycles. The topological polar surface area (TPSA) is 42.1 Å². The van der Waals surface area contributed by atoms with Crippen LogP contribution in [0, 0.1) is 0 Å². The van der Waals surface area contributed by atoms with Crippen LogP contribution in [0.4, 0.5) is 19.0 Å². The van der Waals surface area contributed by atoms with E-state index in [-0.39, 0.29) is 13.1 Å². The Morgan fingerprint density at radius 2 is 1.89 bits per heavy atom. The number of hydrogen-bond donors (Lipinski definition) is 1. The molecule has 19 heavy (non-hydrogen) atoms. The fourth-order valence-corrected chi connectivity index (χ4v) is 1.99. The highest BCUT2D eigenvalue weighted by Gasteiger charge is 2.31. The summed E-state index contributed by atoms with van der Waals surface area (Å²) in [4.78, 5) is 5.25. The van der Waals surface area contributed by atoms with Gasteiger partial charge in [0.05, 0.1) is 0 Å². The van der Waals surface area contributed by atoms with Crippen LogP contribution >= 0.6 is 0 Å². The molecule has 1 aromatic heterocycles. The molecule has 0 spiro atoms. The lowest BCUT2D eigenvalue weighted by Gasteiger charge is -2.25. The molecule has 1 aromatic carbocycles. The predicted molar refractivity (Wildman–Crippen MR) is 69.1 cm³/mol. The van der Waals surface area contributed by atoms with Gasteiger partial charge in [-0.25, -0.2) is 4.98 Å². The van der Waals surface area contributed by atoms with Crippen LogP contribution in [0.3, 0.4) is 0 Å². The Balaban J connectivity index is 2.44. The van der Waals surface area contributed by atoms with Gasteiger partial charge in [-0.15, -0.1) is 0 Å². The second kappa shape index (κ2) is 5.44. The summed E-state index contributed by atoms with van der Waals surface area (Å²) in [5.41, 5.74) is 5.39. The van der Waals surface area contributed by atoms with Gasteiger partial charge in [-0.1, -0.05) is 24.3 Å². The second-order valence-electron chi connectivity index (χ2n) is 4.18. The van der Waals surface area contributed by atoms with Gasteiger partial charge in [0.2, 0.25) is 0 Å². The third kappa shape index (κ3) is 3.35. The SMILES string of the molecule is NCCN(CC(F)(F)F)c1nccc2ccccc12. The average Bonchev–Trinajstić information content (AvgIpc) is 2.36. The third-order valence-electron chi connectivity index (χ3n) is 2.72. The molecule has 3 nitrogen and oxygen atoms in total. The van der Waals surface area contributed by atoms with E-state index in [9.17, 15) is 13.2 Å². The number of aromatic nitrogens is 1. The Bertz CT molecular complexity index is 549. The molecule has 0 radical (unpaired) electrons. The van der Waals surface area contributed by atoms with Crippen LogP contribution in [0.15, 0.2) is 36.5 Å². The van der Waals surface area contributed by atoms with E-state index in [1.54, 1.807) is 18.2 Å². The smallest absolute Gasteiger partial charge is 0.346 e. The normalized spacial score (nSPS) is 11.8. The summed E-state index contributed by atoms with van der Waals surface area (Å²) in [6.45, 7) is -0.799. The van der Waals surface area contributed by atoms with Gasteiger partial charge in [0.15, 0.2) is 0 Å². The minimum atomic E-state index is -4.28. The van der Waals surface area contributed by atoms with E-state index in [1.807, 2.05) is 12.1 Å². The van der Waals surface area contributed by atoms with Gasteiger partial charge in [0, 0.05) is 24.7 Å². The number of anilines is 1. The van der Waals surface area contributed by atoms with Gasteiger partial charge in [0.1, 0.15) is 12.4 Å². The van der Waals surface area contributed by atoms with Crippen molar-refractivity contribution >= 4 is 16.6 Å². The highest BCUT2D eigenvalue weighted by atomic mass is 19.4. The molecule has 102 valence electrons. The number of nitrogens with two attached hydrogens (primary N) is 1. The first-order valence-corrected chi connectivity index (χ1v) is 5.87. The van der Waals surface area contributed by atoms with Crippen LogP contribution in [0.2, 0.25) is 0 Å². The van der Waals surface area contributed by atoms with Crippen molar-refractivity contribution in [3.8, 4) is 0 Å². The lowest BCUT2D eigenvalue weighted by Crippen LogP contribution is -2.38. The maximum Gasteiger partial charge on any atom is 0.405 e. The molecule has 2 N–H and O–H groups in total. The van der Waals surface area contributed by atoms with E-state index in [0.717, 1.165) is 5.39 Å². The van der Waals surface area contributed by atoms with Crippen LogP contribution in [0.25, 0.3) is 10.8 Å². The van der Waals surface area contributed by atoms with Crippen molar-refractivity contribution in [2.75, 3.05) is 24.5 Å². The number of hydrogen-bond acceptors (Lipinski definition) is 3. The summed E-state index contributed by atoms with van der Waals surface area (Å²) < 4.78 is 37.8. The zero-order valence-electron chi connectivity index (χ0n) is 10.2. The number of rotatable bonds is 4. The van der Waals surface area contributed by atoms with E-state index in [4.69, 9.17) is 5.73 Å². The highest BCUT2D eigenvalue weighted by molar-refractivity contribution is 5.92. The van der Waals surface area contributed by atoms with Gasteiger partial charge < -0.3 is 10.6 Å². The fourth-order valence-electron chi connectivity index (χ4n) is 1.99. The molecule has 1 heterocycles. The lowest BCUT2D eigenvalue weighted by atomic mass is 10.1. The molecule has 0 amide bonds. The van der Waals surface area contributed by atoms with Crippen LogP contribution in [-0.2, 0) is 0 Å². The molecule has 0 aliphatic rings. The summed E-state index contributed by atoms with van der Waals surface area (Å²) in [7, 11) is 0. The highest BCUT2D eigenvalue weighted by Crippen LogP contribution is 2.26. The monoisotopic (exact) mass is 269 g/mol. The first-order valence-electron chi connectivity index (χ1n) is 5.87. The molecule has 2 aromatic rings. The van der Waals surface area contributed by atoms with Crippen molar-refractivity contribution in [3.05, 3.63) is 36.5 Å². The predicted octanol–water partition coefficient (Wildman–Crippen LogP) is 2.56. The van der Waals surface area contributed by atoms with E-state index >= 15 is 0 Å². The summed E-state index contributed by atoms with van der Waals surface area (Å²) in [5.74, 6) is 0.320. The molecule has 0 aliphatic heterocycles. The maximum atomic E-state index is 12.6. The van der Waals surface area contributed by atoms with Crippen molar-refractivity contribution in [2.24, 2.45) is 5.73 Å². The summed E-state index contributed by atoms with van der Waals surface area (Å²) >= 11 is 0. The quantitative estimate of drug-likeness (QED) is 0.927. The number of pyridine rings is 1. The Hall–Kier alpha value is -1.82. The van der Waals surface area contributed by atoms with Gasteiger partial charge in [-0.05, 0) is 11.5 Å². The Kier molecular flexibility index (Phi) is 3.90. The molecule has 0 saturated carbocycles. The van der Waals surface area contributed by atoms with Gasteiger partial charge in [-0.3, -0.25) is 0 Å². The van der Waals surface area contributed by atoms with Crippen molar-refractivity contribution in [3.63, 3.8) is 0 Å². The van der Waals surface area contributed by atoms with Crippen LogP contribution in [0.1, 0.15) is 0 Å². The fraction of sp³-hybridized carbons (Fsp3) is 0.308. The van der Waals surface area contributed by atoms with E-state index in [2.05, 4.69) is 4.98 Å². The Labute approximate surface area is 108 Å². The molecule has 0 atom stereocenters. The van der Waals surface area contributed by atoms with E-state index in [1.165, 1.54) is 11.1 Å². The van der Waals surface area contributed by atoms with Crippen LogP contribution in [-0.4, -0.2) is 30.8 Å². The van der Waals surface area contributed by atoms with Crippen molar-refractivity contribution in [1.29, 1.82) is 0 Å². The molecule has 0 bridgehead atoms. The van der Waals surface area contributed by atoms with Crippen molar-refractivity contribution in [1.82, 2.24) is 4.98 Å². The molecule has 0 fully saturated rings. The maximum absolute atomic E-state index is 12.6.